The summed E-state index contributed by atoms with van der Waals surface area (Å²) in [7, 11) is 0. The van der Waals surface area contributed by atoms with Crippen molar-refractivity contribution >= 4 is 11.8 Å². The number of nitrogens with two attached hydrogens (primary N) is 3. The summed E-state index contributed by atoms with van der Waals surface area (Å²) in [6.45, 7) is 0. The molecule has 0 bridgehead atoms. The smallest absolute Gasteiger partial charge is 0.248 e. The van der Waals surface area contributed by atoms with Crippen LogP contribution in [0.4, 0.5) is 0 Å². The lowest BCUT2D eigenvalue weighted by atomic mass is 9.64. The van der Waals surface area contributed by atoms with Crippen LogP contribution in [0.25, 0.3) is 0 Å². The molecule has 1 heterocycles. The van der Waals surface area contributed by atoms with Crippen LogP contribution in [0.3, 0.4) is 0 Å². The molecule has 0 radical (unpaired) electrons. The fourth-order valence-corrected chi connectivity index (χ4v) is 5.81. The first-order valence-corrected chi connectivity index (χ1v) is 11.2. The summed E-state index contributed by atoms with van der Waals surface area (Å²) in [6, 6.07) is 11.1. The lowest BCUT2D eigenvalue weighted by Gasteiger charge is -2.40. The van der Waals surface area contributed by atoms with Gasteiger partial charge in [-0.05, 0) is 89.1 Å². The Kier molecular flexibility index (Phi) is 5.01. The SMILES string of the molecule is NC(=O)c1ccc2c(c1)CCc1cc(C(N)=O)ccc1C2(CC1(N)CCCC1)c1nnn[nH]1. The van der Waals surface area contributed by atoms with Crippen LogP contribution in [0.15, 0.2) is 36.4 Å². The summed E-state index contributed by atoms with van der Waals surface area (Å²) >= 11 is 0. The molecule has 3 aromatic rings. The quantitative estimate of drug-likeness (QED) is 0.464. The molecule has 2 aromatic carbocycles. The van der Waals surface area contributed by atoms with Crippen molar-refractivity contribution in [1.82, 2.24) is 20.6 Å². The number of amides is 2. The van der Waals surface area contributed by atoms with Crippen molar-refractivity contribution in [2.24, 2.45) is 17.2 Å². The first-order chi connectivity index (χ1) is 15.8. The molecule has 9 heteroatoms. The molecule has 2 aliphatic carbocycles. The van der Waals surface area contributed by atoms with E-state index in [1.54, 1.807) is 12.1 Å². The van der Waals surface area contributed by atoms with E-state index in [4.69, 9.17) is 17.2 Å². The number of rotatable bonds is 5. The van der Waals surface area contributed by atoms with Crippen molar-refractivity contribution in [1.29, 1.82) is 0 Å². The van der Waals surface area contributed by atoms with Gasteiger partial charge >= 0.3 is 0 Å². The maximum absolute atomic E-state index is 11.9. The number of carbonyl (C=O) groups is 2. The number of hydrogen-bond donors (Lipinski definition) is 4. The highest BCUT2D eigenvalue weighted by atomic mass is 16.1. The summed E-state index contributed by atoms with van der Waals surface area (Å²) in [5.41, 5.74) is 21.8. The Balaban J connectivity index is 1.83. The Morgan fingerprint density at radius 1 is 0.909 bits per heavy atom. The maximum atomic E-state index is 11.9. The van der Waals surface area contributed by atoms with Crippen molar-refractivity contribution in [3.8, 4) is 0 Å². The van der Waals surface area contributed by atoms with Crippen molar-refractivity contribution in [2.45, 2.75) is 55.9 Å². The van der Waals surface area contributed by atoms with Crippen molar-refractivity contribution in [2.75, 3.05) is 0 Å². The minimum atomic E-state index is -0.782. The Morgan fingerprint density at radius 3 is 1.91 bits per heavy atom. The lowest BCUT2D eigenvalue weighted by Crippen LogP contribution is -2.46. The number of benzene rings is 2. The summed E-state index contributed by atoms with van der Waals surface area (Å²) in [4.78, 5) is 23.9. The minimum absolute atomic E-state index is 0.406. The largest absolute Gasteiger partial charge is 0.366 e. The molecule has 0 spiro atoms. The van der Waals surface area contributed by atoms with Crippen LogP contribution in [0.5, 0.6) is 0 Å². The van der Waals surface area contributed by atoms with E-state index in [0.29, 0.717) is 36.2 Å². The number of tetrazole rings is 1. The standard InChI is InChI=1S/C24H27N7O2/c25-20(32)16-5-7-18-14(11-16)3-4-15-12-17(21(26)33)6-8-19(15)24(18,22-28-30-31-29-22)13-23(27)9-1-2-10-23/h5-8,11-12H,1-4,9-10,13,27H2,(H2,25,32)(H2,26,33)(H,28,29,30,31). The monoisotopic (exact) mass is 445 g/mol. The van der Waals surface area contributed by atoms with E-state index in [-0.39, 0.29) is 0 Å². The Morgan fingerprint density at radius 2 is 1.45 bits per heavy atom. The van der Waals surface area contributed by atoms with E-state index in [0.717, 1.165) is 47.9 Å². The predicted octanol–water partition coefficient (Wildman–Crippen LogP) is 1.49. The summed E-state index contributed by atoms with van der Waals surface area (Å²) < 4.78 is 0. The third-order valence-electron chi connectivity index (χ3n) is 7.33. The molecule has 0 unspecified atom stereocenters. The second kappa shape index (κ2) is 7.77. The third kappa shape index (κ3) is 3.48. The summed E-state index contributed by atoms with van der Waals surface area (Å²) in [5, 5.41) is 15.2. The highest BCUT2D eigenvalue weighted by Gasteiger charge is 2.49. The van der Waals surface area contributed by atoms with E-state index in [2.05, 4.69) is 20.6 Å². The molecule has 7 N–H and O–H groups in total. The van der Waals surface area contributed by atoms with Gasteiger partial charge in [0.1, 0.15) is 0 Å². The molecule has 2 amide bonds. The number of primary amides is 2. The topological polar surface area (TPSA) is 167 Å². The fourth-order valence-electron chi connectivity index (χ4n) is 5.81. The number of nitrogens with one attached hydrogen (secondary N) is 1. The maximum Gasteiger partial charge on any atom is 0.248 e. The van der Waals surface area contributed by atoms with Gasteiger partial charge in [0.05, 0.1) is 5.41 Å². The van der Waals surface area contributed by atoms with Gasteiger partial charge in [-0.3, -0.25) is 9.59 Å². The lowest BCUT2D eigenvalue weighted by molar-refractivity contribution is 0.0991. The second-order valence-electron chi connectivity index (χ2n) is 9.37. The number of aryl methyl sites for hydroxylation is 2. The molecular weight excluding hydrogens is 418 g/mol. The number of carbonyl (C=O) groups excluding carboxylic acids is 2. The van der Waals surface area contributed by atoms with Crippen LogP contribution >= 0.6 is 0 Å². The summed E-state index contributed by atoms with van der Waals surface area (Å²) in [6.07, 6.45) is 5.85. The number of aromatic amines is 1. The molecule has 1 fully saturated rings. The molecule has 2 aliphatic rings. The van der Waals surface area contributed by atoms with Gasteiger partial charge in [0, 0.05) is 16.7 Å². The van der Waals surface area contributed by atoms with Crippen molar-refractivity contribution in [3.05, 3.63) is 75.6 Å². The van der Waals surface area contributed by atoms with Crippen LogP contribution in [0.2, 0.25) is 0 Å². The van der Waals surface area contributed by atoms with E-state index < -0.39 is 22.8 Å². The van der Waals surface area contributed by atoms with Gasteiger partial charge in [0.25, 0.3) is 0 Å². The summed E-state index contributed by atoms with van der Waals surface area (Å²) in [5.74, 6) is -0.371. The van der Waals surface area contributed by atoms with Crippen LogP contribution in [0.1, 0.15) is 80.9 Å². The molecule has 170 valence electrons. The van der Waals surface area contributed by atoms with E-state index in [9.17, 15) is 9.59 Å². The van der Waals surface area contributed by atoms with Crippen LogP contribution < -0.4 is 17.2 Å². The molecule has 9 nitrogen and oxygen atoms in total. The van der Waals surface area contributed by atoms with Crippen molar-refractivity contribution < 1.29 is 9.59 Å². The fraction of sp³-hybridized carbons (Fsp3) is 0.375. The number of hydrogen-bond acceptors (Lipinski definition) is 6. The van der Waals surface area contributed by atoms with Gasteiger partial charge in [-0.25, -0.2) is 5.10 Å². The Bertz CT molecular complexity index is 1160. The number of nitrogens with zero attached hydrogens (tertiary/aromatic N) is 3. The second-order valence-corrected chi connectivity index (χ2v) is 9.37. The zero-order chi connectivity index (χ0) is 23.2. The Labute approximate surface area is 191 Å². The third-order valence-corrected chi connectivity index (χ3v) is 7.33. The van der Waals surface area contributed by atoms with Crippen LogP contribution in [0, 0.1) is 0 Å². The average Bonchev–Trinajstić information content (AvgIpc) is 3.46. The highest BCUT2D eigenvalue weighted by Crippen LogP contribution is 2.50. The first kappa shape index (κ1) is 21.3. The van der Waals surface area contributed by atoms with Gasteiger partial charge in [-0.1, -0.05) is 25.0 Å². The molecular formula is C24H27N7O2. The van der Waals surface area contributed by atoms with Crippen LogP contribution in [-0.4, -0.2) is 38.0 Å². The van der Waals surface area contributed by atoms with Gasteiger partial charge < -0.3 is 17.2 Å². The molecule has 1 saturated carbocycles. The molecule has 1 aromatic heterocycles. The van der Waals surface area contributed by atoms with Crippen LogP contribution in [-0.2, 0) is 18.3 Å². The zero-order valence-electron chi connectivity index (χ0n) is 18.3. The molecule has 33 heavy (non-hydrogen) atoms. The van der Waals surface area contributed by atoms with Gasteiger partial charge in [-0.15, -0.1) is 5.10 Å². The minimum Gasteiger partial charge on any atom is -0.366 e. The zero-order valence-corrected chi connectivity index (χ0v) is 18.3. The van der Waals surface area contributed by atoms with Gasteiger partial charge in [-0.2, -0.15) is 0 Å². The normalized spacial score (nSPS) is 18.2. The van der Waals surface area contributed by atoms with E-state index in [1.165, 1.54) is 0 Å². The van der Waals surface area contributed by atoms with E-state index >= 15 is 0 Å². The number of aromatic nitrogens is 4. The van der Waals surface area contributed by atoms with Gasteiger partial charge in [0.15, 0.2) is 5.82 Å². The molecule has 0 aliphatic heterocycles. The molecule has 0 atom stereocenters. The van der Waals surface area contributed by atoms with Crippen molar-refractivity contribution in [3.63, 3.8) is 0 Å². The number of fused-ring (bicyclic) bond motifs is 2. The average molecular weight is 446 g/mol. The van der Waals surface area contributed by atoms with Gasteiger partial charge in [0.2, 0.25) is 11.8 Å². The predicted molar refractivity (Wildman–Crippen MR) is 121 cm³/mol. The number of H-pyrrole nitrogens is 1. The molecule has 0 saturated heterocycles. The molecule has 5 rings (SSSR count). The first-order valence-electron chi connectivity index (χ1n) is 11.2. The highest BCUT2D eigenvalue weighted by molar-refractivity contribution is 5.94. The Hall–Kier alpha value is -3.59. The van der Waals surface area contributed by atoms with E-state index in [1.807, 2.05) is 24.3 Å².